The van der Waals surface area contributed by atoms with Gasteiger partial charge >= 0.3 is 0 Å². The number of aromatic nitrogens is 1. The summed E-state index contributed by atoms with van der Waals surface area (Å²) in [7, 11) is 0. The number of hydrogen-bond donors (Lipinski definition) is 6. The fourth-order valence-electron chi connectivity index (χ4n) is 7.15. The SMILES string of the molecule is O=C1CCC(N2C(=O)c3ccc(NCCCCCNC(=O)c4cc5cc(N6CCC(O)(C(=O)NCc7cc(F)cc(F)c7)C6=O)ccc5[nH]4)cc3C2=O)C(=O)N1. The Balaban J connectivity index is 0.853. The van der Waals surface area contributed by atoms with Crippen LogP contribution >= 0.6 is 0 Å². The second-order valence-electron chi connectivity index (χ2n) is 13.9. The minimum Gasteiger partial charge on any atom is -0.385 e. The number of fused-ring (bicyclic) bond motifs is 2. The zero-order valence-corrected chi connectivity index (χ0v) is 29.9. The summed E-state index contributed by atoms with van der Waals surface area (Å²) in [5.74, 6) is -6.04. The number of amides is 7. The summed E-state index contributed by atoms with van der Waals surface area (Å²) in [5.41, 5.74) is 0.138. The van der Waals surface area contributed by atoms with Gasteiger partial charge in [-0.1, -0.05) is 0 Å². The normalized spacial score (nSPS) is 19.4. The molecule has 0 aliphatic carbocycles. The number of imide groups is 2. The van der Waals surface area contributed by atoms with Crippen molar-refractivity contribution in [1.82, 2.24) is 25.8 Å². The van der Waals surface area contributed by atoms with Gasteiger partial charge in [-0.25, -0.2) is 8.78 Å². The Hall–Kier alpha value is -6.49. The van der Waals surface area contributed by atoms with Gasteiger partial charge in [-0.2, -0.15) is 0 Å². The number of rotatable bonds is 13. The number of anilines is 2. The molecule has 290 valence electrons. The highest BCUT2D eigenvalue weighted by Gasteiger charge is 2.52. The summed E-state index contributed by atoms with van der Waals surface area (Å²) in [6, 6.07) is 13.2. The summed E-state index contributed by atoms with van der Waals surface area (Å²) in [5, 5.41) is 22.3. The minimum atomic E-state index is -2.37. The van der Waals surface area contributed by atoms with E-state index in [-0.39, 0.29) is 54.9 Å². The molecule has 7 rings (SSSR count). The van der Waals surface area contributed by atoms with Crippen LogP contribution in [0, 0.1) is 11.6 Å². The number of H-pyrrole nitrogens is 1. The van der Waals surface area contributed by atoms with E-state index in [0.717, 1.165) is 29.9 Å². The lowest BCUT2D eigenvalue weighted by atomic mass is 10.0. The molecule has 2 saturated heterocycles. The van der Waals surface area contributed by atoms with Crippen molar-refractivity contribution in [1.29, 1.82) is 0 Å². The Morgan fingerprint density at radius 2 is 1.61 bits per heavy atom. The second-order valence-corrected chi connectivity index (χ2v) is 13.9. The Labute approximate surface area is 317 Å². The standard InChI is InChI=1S/C39H37F2N7O8/c40-23-14-21(15-24(41)18-23)20-44-37(54)39(56)10-13-47(38(39)55)26-5-7-29-22(16-26)17-30(45-29)33(50)43-12-3-1-2-11-42-25-4-6-27-28(19-25)36(53)48(35(27)52)31-8-9-32(49)46-34(31)51/h4-7,14-19,31,42,45,56H,1-3,8-13,20H2,(H,43,50)(H,44,54)(H,46,49,51). The van der Waals surface area contributed by atoms with E-state index < -0.39 is 58.7 Å². The Morgan fingerprint density at radius 3 is 2.38 bits per heavy atom. The summed E-state index contributed by atoms with van der Waals surface area (Å²) in [4.78, 5) is 94.0. The number of unbranched alkanes of at least 4 members (excludes halogenated alkanes) is 2. The molecule has 0 radical (unpaired) electrons. The predicted octanol–water partition coefficient (Wildman–Crippen LogP) is 2.64. The van der Waals surface area contributed by atoms with Crippen LogP contribution in [0.3, 0.4) is 0 Å². The monoisotopic (exact) mass is 769 g/mol. The van der Waals surface area contributed by atoms with Crippen molar-refractivity contribution in [3.05, 3.63) is 94.7 Å². The van der Waals surface area contributed by atoms with E-state index in [4.69, 9.17) is 0 Å². The minimum absolute atomic E-state index is 0.0371. The van der Waals surface area contributed by atoms with Crippen molar-refractivity contribution in [3.8, 4) is 0 Å². The lowest BCUT2D eigenvalue weighted by Crippen LogP contribution is -2.54. The van der Waals surface area contributed by atoms with Gasteiger partial charge < -0.3 is 30.9 Å². The van der Waals surface area contributed by atoms with Gasteiger partial charge in [-0.05, 0) is 85.8 Å². The summed E-state index contributed by atoms with van der Waals surface area (Å²) in [6.07, 6.45) is 2.13. The van der Waals surface area contributed by atoms with Crippen molar-refractivity contribution in [3.63, 3.8) is 0 Å². The molecule has 1 aromatic heterocycles. The van der Waals surface area contributed by atoms with Crippen molar-refractivity contribution in [2.75, 3.05) is 29.9 Å². The molecule has 0 spiro atoms. The summed E-state index contributed by atoms with van der Waals surface area (Å²) >= 11 is 0. The van der Waals surface area contributed by atoms with Gasteiger partial charge in [0.15, 0.2) is 0 Å². The number of piperidine rings is 1. The van der Waals surface area contributed by atoms with Gasteiger partial charge in [0, 0.05) is 67.4 Å². The predicted molar refractivity (Wildman–Crippen MR) is 196 cm³/mol. The van der Waals surface area contributed by atoms with Crippen LogP contribution < -0.4 is 26.2 Å². The highest BCUT2D eigenvalue weighted by atomic mass is 19.1. The maximum absolute atomic E-state index is 13.5. The number of carbonyl (C=O) groups excluding carboxylic acids is 7. The molecular formula is C39H37F2N7O8. The molecule has 2 unspecified atom stereocenters. The van der Waals surface area contributed by atoms with Crippen LogP contribution in [0.5, 0.6) is 0 Å². The van der Waals surface area contributed by atoms with E-state index in [2.05, 4.69) is 26.3 Å². The van der Waals surface area contributed by atoms with E-state index >= 15 is 0 Å². The Morgan fingerprint density at radius 1 is 0.857 bits per heavy atom. The molecule has 3 aliphatic heterocycles. The molecule has 0 saturated carbocycles. The van der Waals surface area contributed by atoms with Crippen LogP contribution in [-0.4, -0.2) is 87.6 Å². The lowest BCUT2D eigenvalue weighted by Gasteiger charge is -2.27. The summed E-state index contributed by atoms with van der Waals surface area (Å²) in [6.45, 7) is 0.716. The number of benzene rings is 3. The number of nitrogens with one attached hydrogen (secondary N) is 5. The molecule has 2 atom stereocenters. The maximum atomic E-state index is 13.5. The van der Waals surface area contributed by atoms with E-state index in [0.29, 0.717) is 53.5 Å². The van der Waals surface area contributed by atoms with Gasteiger partial charge in [-0.3, -0.25) is 43.8 Å². The van der Waals surface area contributed by atoms with Crippen molar-refractivity contribution >= 4 is 63.6 Å². The molecule has 6 N–H and O–H groups in total. The van der Waals surface area contributed by atoms with Crippen LogP contribution in [0.4, 0.5) is 20.2 Å². The number of hydrogen-bond acceptors (Lipinski definition) is 9. The molecule has 4 aromatic rings. The third kappa shape index (κ3) is 7.44. The quantitative estimate of drug-likeness (QED) is 0.0670. The first kappa shape index (κ1) is 37.8. The molecule has 15 nitrogen and oxygen atoms in total. The van der Waals surface area contributed by atoms with Crippen molar-refractivity contribution in [2.45, 2.75) is 56.7 Å². The summed E-state index contributed by atoms with van der Waals surface area (Å²) < 4.78 is 27.0. The Bertz CT molecular complexity index is 2290. The van der Waals surface area contributed by atoms with Crippen molar-refractivity contribution in [2.24, 2.45) is 0 Å². The zero-order chi connectivity index (χ0) is 39.7. The molecule has 17 heteroatoms. The number of carbonyl (C=O) groups is 7. The van der Waals surface area contributed by atoms with Crippen LogP contribution in [0.15, 0.2) is 60.7 Å². The van der Waals surface area contributed by atoms with E-state index in [1.54, 1.807) is 42.5 Å². The van der Waals surface area contributed by atoms with Crippen LogP contribution in [0.1, 0.15) is 75.3 Å². The molecule has 56 heavy (non-hydrogen) atoms. The number of nitrogens with zero attached hydrogens (tertiary/aromatic N) is 2. The third-order valence-corrected chi connectivity index (χ3v) is 10.1. The topological polar surface area (TPSA) is 210 Å². The second kappa shape index (κ2) is 15.3. The molecular weight excluding hydrogens is 732 g/mol. The van der Waals surface area contributed by atoms with Gasteiger partial charge in [0.1, 0.15) is 23.4 Å². The fraction of sp³-hybridized carbons (Fsp3) is 0.308. The zero-order valence-electron chi connectivity index (χ0n) is 29.9. The third-order valence-electron chi connectivity index (χ3n) is 10.1. The largest absolute Gasteiger partial charge is 0.385 e. The first-order chi connectivity index (χ1) is 26.8. The number of halogens is 2. The van der Waals surface area contributed by atoms with Crippen LogP contribution in [0.2, 0.25) is 0 Å². The molecule has 2 fully saturated rings. The van der Waals surface area contributed by atoms with Gasteiger partial charge in [-0.15, -0.1) is 0 Å². The maximum Gasteiger partial charge on any atom is 0.268 e. The van der Waals surface area contributed by atoms with Crippen LogP contribution in [-0.2, 0) is 25.7 Å². The molecule has 3 aromatic carbocycles. The van der Waals surface area contributed by atoms with E-state index in [1.807, 2.05) is 0 Å². The highest BCUT2D eigenvalue weighted by Crippen LogP contribution is 2.32. The first-order valence-corrected chi connectivity index (χ1v) is 18.1. The highest BCUT2D eigenvalue weighted by molar-refractivity contribution is 6.24. The van der Waals surface area contributed by atoms with Gasteiger partial charge in [0.05, 0.1) is 11.1 Å². The van der Waals surface area contributed by atoms with Gasteiger partial charge in [0.2, 0.25) is 17.4 Å². The lowest BCUT2D eigenvalue weighted by molar-refractivity contribution is -0.149. The Kier molecular flexibility index (Phi) is 10.4. The molecule has 7 amide bonds. The van der Waals surface area contributed by atoms with Gasteiger partial charge in [0.25, 0.3) is 29.5 Å². The smallest absolute Gasteiger partial charge is 0.268 e. The fourth-order valence-corrected chi connectivity index (χ4v) is 7.15. The molecule has 0 bridgehead atoms. The van der Waals surface area contributed by atoms with E-state index in [1.165, 1.54) is 4.90 Å². The van der Waals surface area contributed by atoms with Crippen LogP contribution in [0.25, 0.3) is 10.9 Å². The average molecular weight is 770 g/mol. The molecule has 4 heterocycles. The molecule has 3 aliphatic rings. The van der Waals surface area contributed by atoms with Crippen molar-refractivity contribution < 1.29 is 47.4 Å². The average Bonchev–Trinajstić information content (AvgIpc) is 3.81. The number of aliphatic hydroxyl groups is 1. The number of aromatic amines is 1. The first-order valence-electron chi connectivity index (χ1n) is 18.1. The van der Waals surface area contributed by atoms with E-state index in [9.17, 15) is 47.4 Å².